The van der Waals surface area contributed by atoms with Crippen LogP contribution in [-0.2, 0) is 6.42 Å². The third-order valence-electron chi connectivity index (χ3n) is 9.71. The van der Waals surface area contributed by atoms with Crippen molar-refractivity contribution in [1.29, 1.82) is 0 Å². The number of hydrogen-bond acceptors (Lipinski definition) is 3. The molecule has 0 aliphatic heterocycles. The molecule has 2 heterocycles. The Kier molecular flexibility index (Phi) is 5.91. The highest BCUT2D eigenvalue weighted by Crippen LogP contribution is 2.49. The maximum atomic E-state index is 5.24. The van der Waals surface area contributed by atoms with Gasteiger partial charge in [-0.3, -0.25) is 0 Å². The lowest BCUT2D eigenvalue weighted by Crippen LogP contribution is -1.96. The van der Waals surface area contributed by atoms with Crippen LogP contribution in [-0.4, -0.2) is 9.97 Å². The van der Waals surface area contributed by atoms with Crippen LogP contribution in [0.2, 0.25) is 0 Å². The normalized spacial score (nSPS) is 12.9. The Morgan fingerprint density at radius 1 is 0.511 bits per heavy atom. The van der Waals surface area contributed by atoms with E-state index in [1.54, 1.807) is 0 Å². The standard InChI is InChI=1S/C44H28N2S/c1-2-11-27(12-3-1)41-43-42(38-19-6-7-22-39(38)47-43)46-44(45-41)31-16-9-14-29(26-31)28-13-8-15-30(25-28)32-23-24-37-34-18-5-4-17-33(34)36-21-10-20-35(32)40(36)37/h1-5,7-18,20-26H,6,19H2. The number of nitrogens with zero attached hydrogens (tertiary/aromatic N) is 2. The Labute approximate surface area is 277 Å². The van der Waals surface area contributed by atoms with Gasteiger partial charge in [-0.15, -0.1) is 11.3 Å². The van der Waals surface area contributed by atoms with Crippen LogP contribution >= 0.6 is 11.3 Å². The predicted octanol–water partition coefficient (Wildman–Crippen LogP) is 12.1. The molecular weight excluding hydrogens is 589 g/mol. The predicted molar refractivity (Wildman–Crippen MR) is 198 cm³/mol. The van der Waals surface area contributed by atoms with Gasteiger partial charge in [0.25, 0.3) is 0 Å². The molecule has 2 aromatic heterocycles. The van der Waals surface area contributed by atoms with Crippen LogP contribution in [0.4, 0.5) is 0 Å². The van der Waals surface area contributed by atoms with E-state index in [-0.39, 0.29) is 0 Å². The molecule has 0 atom stereocenters. The van der Waals surface area contributed by atoms with Gasteiger partial charge in [0.2, 0.25) is 0 Å². The molecule has 0 fully saturated rings. The van der Waals surface area contributed by atoms with Crippen molar-refractivity contribution in [2.75, 3.05) is 0 Å². The van der Waals surface area contributed by atoms with Crippen LogP contribution in [0.5, 0.6) is 0 Å². The van der Waals surface area contributed by atoms with Gasteiger partial charge in [0, 0.05) is 16.0 Å². The summed E-state index contributed by atoms with van der Waals surface area (Å²) < 4.78 is 1.17. The van der Waals surface area contributed by atoms with Crippen LogP contribution in [0, 0.1) is 0 Å². The molecule has 0 saturated carbocycles. The largest absolute Gasteiger partial charge is 0.227 e. The molecule has 220 valence electrons. The Balaban J connectivity index is 1.09. The van der Waals surface area contributed by atoms with E-state index in [0.29, 0.717) is 0 Å². The minimum Gasteiger partial charge on any atom is -0.227 e. The molecule has 0 saturated heterocycles. The lowest BCUT2D eigenvalue weighted by atomic mass is 9.92. The van der Waals surface area contributed by atoms with E-state index in [0.717, 1.165) is 46.6 Å². The quantitative estimate of drug-likeness (QED) is 0.197. The number of allylic oxidation sites excluding steroid dienone is 1. The molecule has 47 heavy (non-hydrogen) atoms. The van der Waals surface area contributed by atoms with Crippen LogP contribution in [0.25, 0.3) is 94.2 Å². The highest BCUT2D eigenvalue weighted by atomic mass is 32.1. The van der Waals surface area contributed by atoms with Crippen molar-refractivity contribution >= 4 is 38.4 Å². The molecule has 10 rings (SSSR count). The number of fused-ring (bicyclic) bond motifs is 6. The van der Waals surface area contributed by atoms with Gasteiger partial charge in [-0.2, -0.15) is 0 Å². The monoisotopic (exact) mass is 616 g/mol. The number of aryl methyl sites for hydroxylation is 1. The maximum absolute atomic E-state index is 5.24. The minimum absolute atomic E-state index is 0.775. The minimum atomic E-state index is 0.775. The summed E-state index contributed by atoms with van der Waals surface area (Å²) >= 11 is 1.82. The summed E-state index contributed by atoms with van der Waals surface area (Å²) in [5.41, 5.74) is 15.7. The Morgan fingerprint density at radius 2 is 1.15 bits per heavy atom. The van der Waals surface area contributed by atoms with Crippen LogP contribution in [0.15, 0.2) is 140 Å². The summed E-state index contributed by atoms with van der Waals surface area (Å²) in [6.45, 7) is 0. The summed E-state index contributed by atoms with van der Waals surface area (Å²) in [7, 11) is 0. The molecule has 2 nitrogen and oxygen atoms in total. The van der Waals surface area contributed by atoms with Gasteiger partial charge in [-0.1, -0.05) is 127 Å². The number of hydrogen-bond donors (Lipinski definition) is 0. The summed E-state index contributed by atoms with van der Waals surface area (Å²) in [4.78, 5) is 11.8. The lowest BCUT2D eigenvalue weighted by molar-refractivity contribution is 0.999. The zero-order chi connectivity index (χ0) is 30.9. The van der Waals surface area contributed by atoms with Gasteiger partial charge in [0.1, 0.15) is 0 Å². The molecule has 0 unspecified atom stereocenters. The zero-order valence-corrected chi connectivity index (χ0v) is 26.4. The van der Waals surface area contributed by atoms with Crippen molar-refractivity contribution in [3.8, 4) is 67.2 Å². The second kappa shape index (κ2) is 10.4. The molecule has 6 aromatic carbocycles. The lowest BCUT2D eigenvalue weighted by Gasteiger charge is -2.12. The second-order valence-corrected chi connectivity index (χ2v) is 13.5. The average Bonchev–Trinajstić information content (AvgIpc) is 3.69. The van der Waals surface area contributed by atoms with Crippen LogP contribution < -0.4 is 0 Å². The summed E-state index contributed by atoms with van der Waals surface area (Å²) in [5, 5.41) is 2.65. The van der Waals surface area contributed by atoms with E-state index in [1.165, 1.54) is 64.9 Å². The van der Waals surface area contributed by atoms with E-state index in [4.69, 9.17) is 9.97 Å². The molecular formula is C44H28N2S. The van der Waals surface area contributed by atoms with Crippen molar-refractivity contribution in [3.05, 3.63) is 150 Å². The highest BCUT2D eigenvalue weighted by Gasteiger charge is 2.23. The molecule has 2 aliphatic rings. The van der Waals surface area contributed by atoms with E-state index in [1.807, 2.05) is 11.3 Å². The van der Waals surface area contributed by atoms with Crippen molar-refractivity contribution in [2.24, 2.45) is 0 Å². The first-order chi connectivity index (χ1) is 23.3. The van der Waals surface area contributed by atoms with Gasteiger partial charge in [-0.25, -0.2) is 9.97 Å². The Hall–Kier alpha value is -5.64. The first-order valence-corrected chi connectivity index (χ1v) is 17.0. The Bertz CT molecular complexity index is 2540. The third kappa shape index (κ3) is 4.17. The first-order valence-electron chi connectivity index (χ1n) is 16.2. The fourth-order valence-corrected chi connectivity index (χ4v) is 8.75. The molecule has 0 N–H and O–H groups in total. The van der Waals surface area contributed by atoms with E-state index in [9.17, 15) is 0 Å². The average molecular weight is 617 g/mol. The fraction of sp³-hybridized carbons (Fsp3) is 0.0455. The maximum Gasteiger partial charge on any atom is 0.160 e. The summed E-state index contributed by atoms with van der Waals surface area (Å²) in [5.74, 6) is 0.775. The van der Waals surface area contributed by atoms with Gasteiger partial charge < -0.3 is 0 Å². The Morgan fingerprint density at radius 3 is 1.98 bits per heavy atom. The van der Waals surface area contributed by atoms with Gasteiger partial charge in [0.05, 0.1) is 15.9 Å². The molecule has 2 aliphatic carbocycles. The number of thiophene rings is 1. The molecule has 0 amide bonds. The topological polar surface area (TPSA) is 25.8 Å². The van der Waals surface area contributed by atoms with E-state index < -0.39 is 0 Å². The highest BCUT2D eigenvalue weighted by molar-refractivity contribution is 7.20. The first kappa shape index (κ1) is 26.6. The van der Waals surface area contributed by atoms with Crippen LogP contribution in [0.3, 0.4) is 0 Å². The molecule has 8 aromatic rings. The van der Waals surface area contributed by atoms with Gasteiger partial charge in [0.15, 0.2) is 5.82 Å². The van der Waals surface area contributed by atoms with Gasteiger partial charge >= 0.3 is 0 Å². The molecule has 0 radical (unpaired) electrons. The summed E-state index contributed by atoms with van der Waals surface area (Å²) in [6, 6.07) is 48.3. The third-order valence-corrected chi connectivity index (χ3v) is 10.9. The molecule has 0 spiro atoms. The SMILES string of the molecule is C1=Cc2sc3c(-c4ccccc4)nc(-c4cccc(-c5cccc(-c6ccc7c8c(cccc68)-c6ccccc6-7)c5)c4)nc3c2CC1. The van der Waals surface area contributed by atoms with Crippen molar-refractivity contribution < 1.29 is 0 Å². The van der Waals surface area contributed by atoms with Crippen molar-refractivity contribution in [3.63, 3.8) is 0 Å². The number of benzene rings is 6. The van der Waals surface area contributed by atoms with E-state index >= 15 is 0 Å². The van der Waals surface area contributed by atoms with Gasteiger partial charge in [-0.05, 0) is 91.9 Å². The summed E-state index contributed by atoms with van der Waals surface area (Å²) in [6.07, 6.45) is 6.60. The number of rotatable bonds is 4. The smallest absolute Gasteiger partial charge is 0.160 e. The van der Waals surface area contributed by atoms with E-state index in [2.05, 4.69) is 146 Å². The molecule has 3 heteroatoms. The fourth-order valence-electron chi connectivity index (χ4n) is 7.52. The van der Waals surface area contributed by atoms with Crippen molar-refractivity contribution in [2.45, 2.75) is 12.8 Å². The van der Waals surface area contributed by atoms with Crippen LogP contribution in [0.1, 0.15) is 16.9 Å². The second-order valence-electron chi connectivity index (χ2n) is 12.4. The zero-order valence-electron chi connectivity index (χ0n) is 25.6. The molecule has 0 bridgehead atoms. The number of aromatic nitrogens is 2. The van der Waals surface area contributed by atoms with Crippen molar-refractivity contribution in [1.82, 2.24) is 9.97 Å².